The fourth-order valence-electron chi connectivity index (χ4n) is 17.7. The van der Waals surface area contributed by atoms with E-state index in [9.17, 15) is 53.1 Å². The zero-order valence-corrected chi connectivity index (χ0v) is 73.4. The van der Waals surface area contributed by atoms with Gasteiger partial charge in [0.25, 0.3) is 27.8 Å². The van der Waals surface area contributed by atoms with Crippen LogP contribution in [0, 0.1) is 20.8 Å². The van der Waals surface area contributed by atoms with Gasteiger partial charge in [0.15, 0.2) is 0 Å². The van der Waals surface area contributed by atoms with Crippen molar-refractivity contribution in [3.05, 3.63) is 343 Å². The number of carbonyl (C=O) groups excluding carboxylic acids is 5. The molecule has 19 rings (SSSR count). The molecule has 9 aliphatic rings. The minimum absolute atomic E-state index is 0.00236. The summed E-state index contributed by atoms with van der Waals surface area (Å²) in [6.07, 6.45) is 20.7. The van der Waals surface area contributed by atoms with E-state index in [-0.39, 0.29) is 127 Å². The van der Waals surface area contributed by atoms with E-state index < -0.39 is 0 Å². The SMILES string of the molecule is Cc1ccc(/C(=C\[C@H]2CCC(=O)N2)c2ccc(Cl)c(=O)[nH]2)cc1.Cc1ccc(C(C[C@H]2CCC(=O)N2)c2ccc(C3CC3)c(=O)[nH]2)cc1.Cc1ccc(C(C[C@H]2CCC(=O)N2)c2ccc(C3CC3)c(=O)[nH]2)cc1Cl.O=C1CC[C@H](CC(c2ccc(Cl)cc2)c2ccc(C3CC3)c(=O)[nH]2)N1.O=C1CC[C@H](CC(c2ccc(O)c(Cl)c2)c2ccc(C3CC3)c(=O)[nH]2)N1. The van der Waals surface area contributed by atoms with Crippen LogP contribution in [0.15, 0.2) is 200 Å². The quantitative estimate of drug-likeness (QED) is 0.0286. The molecule has 10 heterocycles. The lowest BCUT2D eigenvalue weighted by atomic mass is 9.87. The third-order valence-corrected chi connectivity index (χ3v) is 26.7. The van der Waals surface area contributed by atoms with Gasteiger partial charge in [-0.15, -0.1) is 0 Å². The molecular weight excluding hydrogens is 1660 g/mol. The number of aromatic amines is 5. The van der Waals surface area contributed by atoms with Gasteiger partial charge in [-0.3, -0.25) is 47.9 Å². The molecule has 125 heavy (non-hydrogen) atoms. The van der Waals surface area contributed by atoms with E-state index >= 15 is 0 Å². The molecule has 25 heteroatoms. The van der Waals surface area contributed by atoms with E-state index in [0.717, 1.165) is 192 Å². The molecule has 5 aromatic heterocycles. The van der Waals surface area contributed by atoms with Crippen molar-refractivity contribution in [1.82, 2.24) is 51.5 Å². The summed E-state index contributed by atoms with van der Waals surface area (Å²) >= 11 is 24.3. The minimum atomic E-state index is -0.322. The topological polar surface area (TPSA) is 330 Å². The van der Waals surface area contributed by atoms with Crippen molar-refractivity contribution in [2.45, 2.75) is 240 Å². The normalized spacial score (nSPS) is 20.5. The maximum atomic E-state index is 12.5. The van der Waals surface area contributed by atoms with Gasteiger partial charge in [-0.1, -0.05) is 167 Å². The summed E-state index contributed by atoms with van der Waals surface area (Å²) in [6.45, 7) is 6.07. The molecule has 0 spiro atoms. The number of phenols is 1. The predicted molar refractivity (Wildman–Crippen MR) is 490 cm³/mol. The van der Waals surface area contributed by atoms with Gasteiger partial charge in [-0.05, 0) is 254 Å². The Morgan fingerprint density at radius 3 is 1.00 bits per heavy atom. The van der Waals surface area contributed by atoms with Crippen LogP contribution in [-0.4, -0.2) is 89.8 Å². The molecule has 4 saturated carbocycles. The second-order valence-electron chi connectivity index (χ2n) is 35.1. The Balaban J connectivity index is 0.000000121. The van der Waals surface area contributed by atoms with Gasteiger partial charge in [0, 0.05) is 152 Å². The van der Waals surface area contributed by atoms with Gasteiger partial charge in [0.2, 0.25) is 29.5 Å². The number of benzene rings is 5. The van der Waals surface area contributed by atoms with Crippen LogP contribution in [-0.2, 0) is 24.0 Å². The van der Waals surface area contributed by atoms with Crippen molar-refractivity contribution in [1.29, 1.82) is 0 Å². The van der Waals surface area contributed by atoms with Gasteiger partial charge in [-0.25, -0.2) is 0 Å². The molecule has 4 aliphatic carbocycles. The van der Waals surface area contributed by atoms with Crippen molar-refractivity contribution in [2.24, 2.45) is 0 Å². The van der Waals surface area contributed by atoms with Crippen LogP contribution in [0.25, 0.3) is 5.57 Å². The summed E-state index contributed by atoms with van der Waals surface area (Å²) in [7, 11) is 0. The van der Waals surface area contributed by atoms with Crippen LogP contribution in [0.3, 0.4) is 0 Å². The first-order valence-corrected chi connectivity index (χ1v) is 45.4. The number of halogens is 4. The van der Waals surface area contributed by atoms with Gasteiger partial charge >= 0.3 is 0 Å². The summed E-state index contributed by atoms with van der Waals surface area (Å²) in [6, 6.07) is 55.2. The third-order valence-electron chi connectivity index (χ3n) is 25.5. The molecule has 5 aliphatic heterocycles. The standard InChI is InChI=1S/C21H23ClN2O2.C21H24N2O2.C20H21ClN2O3.C20H21ClN2O2.C18H17ClN2O2/c1-12-2-3-14(10-18(12)22)17(11-15-6-9-20(25)23-15)19-8-7-16(13-4-5-13)21(26)24-19;1-13-2-4-15(5-3-13)18(12-16-8-11-20(24)22-16)19-10-9-17(14-6-7-14)21(25)23-19;21-16-9-12(3-7-18(16)24)15(10-13-4-8-19(25)22-13)17-6-5-14(11-1-2-11)20(26)23-17;21-14-5-3-13(4-6-14)17(11-15-7-10-19(24)22-15)18-9-8-16(12-1-2-12)20(25)23-18;1-11-2-4-12(5-3-11)14(10-13-6-9-17(22)20-13)16-8-7-15(19)18(23)21-16/h2-3,7-8,10,13,15,17H,4-6,9,11H2,1H3,(H,23,25)(H,24,26);2-5,9-10,14,16,18H,6-8,11-12H2,1H3,(H,22,24)(H,23,25);3,5-7,9,11,13,15,24H,1-2,4,8,10H2,(H,22,25)(H,23,26);3-6,8-9,12,15,17H,1-2,7,10-11H2,(H,22,24)(H,23,25);2-5,7-8,10,13H,6,9H2,1H3,(H,20,22)(H,21,23)/b;;;;14-10+/t15-,17?;16-,18?;13-,15?;15-,17?;13-/m11111/s1. The van der Waals surface area contributed by atoms with Crippen molar-refractivity contribution < 1.29 is 29.1 Å². The number of aromatic hydroxyl groups is 1. The number of amides is 5. The number of nitrogens with one attached hydrogen (secondary N) is 10. The van der Waals surface area contributed by atoms with Crippen molar-refractivity contribution >= 4 is 81.5 Å². The molecule has 5 amide bonds. The number of phenolic OH excluding ortho intramolecular Hbond substituents is 1. The number of hydrogen-bond donors (Lipinski definition) is 11. The molecule has 5 aromatic carbocycles. The van der Waals surface area contributed by atoms with E-state index in [4.69, 9.17) is 46.4 Å². The smallest absolute Gasteiger partial charge is 0.267 e. The Bertz CT molecular complexity index is 5690. The molecule has 650 valence electrons. The molecule has 11 N–H and O–H groups in total. The Morgan fingerprint density at radius 1 is 0.336 bits per heavy atom. The van der Waals surface area contributed by atoms with E-state index in [1.165, 1.54) is 11.1 Å². The van der Waals surface area contributed by atoms with Crippen molar-refractivity contribution in [3.63, 3.8) is 0 Å². The highest BCUT2D eigenvalue weighted by molar-refractivity contribution is 6.32. The lowest BCUT2D eigenvalue weighted by Gasteiger charge is -2.22. The Morgan fingerprint density at radius 2 is 0.672 bits per heavy atom. The van der Waals surface area contributed by atoms with Crippen LogP contribution < -0.4 is 54.4 Å². The highest BCUT2D eigenvalue weighted by atomic mass is 35.5. The number of hydrogen-bond acceptors (Lipinski definition) is 11. The number of pyridine rings is 5. The maximum Gasteiger partial charge on any atom is 0.267 e. The lowest BCUT2D eigenvalue weighted by molar-refractivity contribution is -0.120. The zero-order valence-electron chi connectivity index (χ0n) is 70.3. The molecule has 5 saturated heterocycles. The van der Waals surface area contributed by atoms with Crippen LogP contribution in [0.1, 0.15) is 284 Å². The molecule has 0 radical (unpaired) electrons. The second kappa shape index (κ2) is 40.0. The predicted octanol–water partition coefficient (Wildman–Crippen LogP) is 17.5. The lowest BCUT2D eigenvalue weighted by Crippen LogP contribution is -2.28. The summed E-state index contributed by atoms with van der Waals surface area (Å²) in [5.41, 5.74) is 17.0. The molecule has 10 aromatic rings. The van der Waals surface area contributed by atoms with E-state index in [0.29, 0.717) is 72.9 Å². The average molecular weight is 1770 g/mol. The second-order valence-corrected chi connectivity index (χ2v) is 36.8. The zero-order chi connectivity index (χ0) is 87.7. The van der Waals surface area contributed by atoms with Gasteiger partial charge < -0.3 is 56.6 Å². The summed E-state index contributed by atoms with van der Waals surface area (Å²) in [4.78, 5) is 135. The number of aryl methyl sites for hydroxylation is 3. The number of aromatic nitrogens is 5. The molecular formula is C100H106Cl4N10O11. The Hall–Kier alpha value is -11.1. The fourth-order valence-corrected chi connectivity index (χ4v) is 18.3. The largest absolute Gasteiger partial charge is 0.506 e. The van der Waals surface area contributed by atoms with Crippen LogP contribution in [0.4, 0.5) is 0 Å². The summed E-state index contributed by atoms with van der Waals surface area (Å²) in [5.74, 6) is 2.19. The number of carbonyl (C=O) groups is 5. The average Bonchev–Trinajstić information content (AvgIpc) is 1.79. The Labute approximate surface area is 745 Å². The van der Waals surface area contributed by atoms with E-state index in [1.54, 1.807) is 24.3 Å². The van der Waals surface area contributed by atoms with E-state index in [2.05, 4.69) is 94.8 Å². The van der Waals surface area contributed by atoms with Crippen molar-refractivity contribution in [2.75, 3.05) is 0 Å². The van der Waals surface area contributed by atoms with E-state index in [1.807, 2.05) is 129 Å². The van der Waals surface area contributed by atoms with Crippen molar-refractivity contribution in [3.8, 4) is 5.75 Å². The minimum Gasteiger partial charge on any atom is -0.506 e. The first-order valence-electron chi connectivity index (χ1n) is 43.9. The highest BCUT2D eigenvalue weighted by Gasteiger charge is 2.36. The molecule has 0 bridgehead atoms. The van der Waals surface area contributed by atoms with Gasteiger partial charge in [0.1, 0.15) is 10.8 Å². The maximum absolute atomic E-state index is 12.5. The first kappa shape index (κ1) is 88.8. The number of rotatable bonds is 23. The third kappa shape index (κ3) is 23.5. The van der Waals surface area contributed by atoms with Gasteiger partial charge in [0.05, 0.1) is 5.02 Å². The van der Waals surface area contributed by atoms with Crippen LogP contribution in [0.2, 0.25) is 20.1 Å². The highest BCUT2D eigenvalue weighted by Crippen LogP contribution is 2.44. The summed E-state index contributed by atoms with van der Waals surface area (Å²) in [5, 5.41) is 26.6. The molecule has 4 unspecified atom stereocenters. The summed E-state index contributed by atoms with van der Waals surface area (Å²) < 4.78 is 0. The Kier molecular flexibility index (Phi) is 28.4. The molecule has 21 nitrogen and oxygen atoms in total. The molecule has 9 atom stereocenters. The van der Waals surface area contributed by atoms with Crippen LogP contribution in [0.5, 0.6) is 5.75 Å². The van der Waals surface area contributed by atoms with Gasteiger partial charge in [-0.2, -0.15) is 0 Å². The van der Waals surface area contributed by atoms with Crippen LogP contribution >= 0.6 is 46.4 Å². The molecule has 9 fully saturated rings. The fraction of sp³-hybridized carbons (Fsp3) is 0.380. The monoisotopic (exact) mass is 1760 g/mol. The number of H-pyrrole nitrogens is 5. The first-order chi connectivity index (χ1) is 60.2.